The Bertz CT molecular complexity index is 277. The van der Waals surface area contributed by atoms with Crippen LogP contribution in [0.1, 0.15) is 0 Å². The van der Waals surface area contributed by atoms with Crippen LogP contribution in [-0.4, -0.2) is 23.7 Å². The summed E-state index contributed by atoms with van der Waals surface area (Å²) in [6.45, 7) is 0.462. The zero-order chi connectivity index (χ0) is 10.2. The lowest BCUT2D eigenvalue weighted by molar-refractivity contribution is -0.139. The van der Waals surface area contributed by atoms with E-state index in [0.29, 0.717) is 6.61 Å². The number of benzene rings is 1. The van der Waals surface area contributed by atoms with Crippen molar-refractivity contribution in [3.8, 4) is 0 Å². The normalized spacial score (nSPS) is 9.79. The minimum absolute atomic E-state index is 0.210. The highest BCUT2D eigenvalue weighted by Gasteiger charge is 1.98. The summed E-state index contributed by atoms with van der Waals surface area (Å²) in [4.78, 5) is 11.9. The molecule has 4 heteroatoms. The monoisotopic (exact) mass is 274 g/mol. The fraction of sp³-hybridized carbons (Fsp3) is 0.300. The third-order valence-corrected chi connectivity index (χ3v) is 2.90. The van der Waals surface area contributed by atoms with Crippen molar-refractivity contribution in [3.05, 3.63) is 30.3 Å². The molecule has 1 aromatic rings. The van der Waals surface area contributed by atoms with Crippen LogP contribution in [0, 0.1) is 0 Å². The molecule has 0 aliphatic heterocycles. The fourth-order valence-electron chi connectivity index (χ4n) is 0.870. The number of ether oxygens (including phenoxy) is 1. The molecular formula is C10H11BrO2S. The molecule has 0 aromatic heterocycles. The molecule has 1 aromatic carbocycles. The number of halogens is 1. The van der Waals surface area contributed by atoms with E-state index in [2.05, 4.69) is 15.9 Å². The van der Waals surface area contributed by atoms with Gasteiger partial charge in [0.2, 0.25) is 0 Å². The Kier molecular flexibility index (Phi) is 5.71. The van der Waals surface area contributed by atoms with E-state index >= 15 is 0 Å². The van der Waals surface area contributed by atoms with Crippen molar-refractivity contribution in [1.29, 1.82) is 0 Å². The van der Waals surface area contributed by atoms with Crippen molar-refractivity contribution >= 4 is 33.7 Å². The van der Waals surface area contributed by atoms with Gasteiger partial charge in [-0.2, -0.15) is 0 Å². The molecule has 14 heavy (non-hydrogen) atoms. The smallest absolute Gasteiger partial charge is 0.316 e. The van der Waals surface area contributed by atoms with Gasteiger partial charge in [0.05, 0.1) is 0 Å². The van der Waals surface area contributed by atoms with E-state index in [1.165, 1.54) is 4.90 Å². The molecule has 0 unspecified atom stereocenters. The summed E-state index contributed by atoms with van der Waals surface area (Å²) in [6.07, 6.45) is 0. The average molecular weight is 275 g/mol. The summed E-state index contributed by atoms with van der Waals surface area (Å²) >= 11 is 4.71. The first-order valence-corrected chi connectivity index (χ1v) is 6.33. The fourth-order valence-corrected chi connectivity index (χ4v) is 1.78. The van der Waals surface area contributed by atoms with Gasteiger partial charge in [0, 0.05) is 10.6 Å². The first-order valence-electron chi connectivity index (χ1n) is 4.22. The number of hydrogen-bond acceptors (Lipinski definition) is 3. The van der Waals surface area contributed by atoms with Crippen LogP contribution in [0.4, 0.5) is 0 Å². The maximum Gasteiger partial charge on any atom is 0.316 e. The Labute approximate surface area is 96.2 Å². The quantitative estimate of drug-likeness (QED) is 0.358. The first kappa shape index (κ1) is 11.6. The molecular weight excluding hydrogens is 264 g/mol. The number of alkyl halides is 1. The molecule has 0 aliphatic rings. The molecule has 0 atom stereocenters. The van der Waals surface area contributed by atoms with Crippen molar-refractivity contribution < 1.29 is 9.53 Å². The van der Waals surface area contributed by atoms with Crippen LogP contribution in [-0.2, 0) is 9.53 Å². The summed E-state index contributed by atoms with van der Waals surface area (Å²) in [5.41, 5.74) is 0. The largest absolute Gasteiger partial charge is 0.464 e. The lowest BCUT2D eigenvalue weighted by Crippen LogP contribution is -2.07. The van der Waals surface area contributed by atoms with Gasteiger partial charge in [-0.15, -0.1) is 11.8 Å². The molecule has 0 aliphatic carbocycles. The minimum Gasteiger partial charge on any atom is -0.464 e. The van der Waals surface area contributed by atoms with Crippen LogP contribution in [0.3, 0.4) is 0 Å². The second-order valence-corrected chi connectivity index (χ2v) is 4.24. The third-order valence-electron chi connectivity index (χ3n) is 1.47. The van der Waals surface area contributed by atoms with Gasteiger partial charge >= 0.3 is 5.97 Å². The number of hydrogen-bond donors (Lipinski definition) is 0. The van der Waals surface area contributed by atoms with E-state index in [9.17, 15) is 4.79 Å². The first-order chi connectivity index (χ1) is 6.83. The SMILES string of the molecule is O=C(CBr)OCCSc1ccccc1. The van der Waals surface area contributed by atoms with Crippen LogP contribution >= 0.6 is 27.7 Å². The molecule has 0 saturated heterocycles. The second-order valence-electron chi connectivity index (χ2n) is 2.52. The number of thioether (sulfide) groups is 1. The van der Waals surface area contributed by atoms with E-state index in [4.69, 9.17) is 4.74 Å². The Morgan fingerprint density at radius 2 is 2.07 bits per heavy atom. The summed E-state index contributed by atoms with van der Waals surface area (Å²) in [5.74, 6) is 0.585. The van der Waals surface area contributed by atoms with Gasteiger partial charge in [-0.1, -0.05) is 34.1 Å². The maximum absolute atomic E-state index is 10.7. The van der Waals surface area contributed by atoms with E-state index in [1.807, 2.05) is 30.3 Å². The number of carbonyl (C=O) groups excluding carboxylic acids is 1. The highest BCUT2D eigenvalue weighted by Crippen LogP contribution is 2.16. The maximum atomic E-state index is 10.7. The third kappa shape index (κ3) is 4.67. The minimum atomic E-state index is -0.210. The van der Waals surface area contributed by atoms with Crippen molar-refractivity contribution in [2.75, 3.05) is 17.7 Å². The predicted octanol–water partition coefficient (Wildman–Crippen LogP) is 2.72. The van der Waals surface area contributed by atoms with Gasteiger partial charge in [-0.05, 0) is 12.1 Å². The summed E-state index contributed by atoms with van der Waals surface area (Å²) in [7, 11) is 0. The average Bonchev–Trinajstić information content (AvgIpc) is 2.25. The van der Waals surface area contributed by atoms with Crippen molar-refractivity contribution in [2.24, 2.45) is 0 Å². The second kappa shape index (κ2) is 6.90. The van der Waals surface area contributed by atoms with Crippen molar-refractivity contribution in [2.45, 2.75) is 4.90 Å². The number of rotatable bonds is 5. The Balaban J connectivity index is 2.13. The lowest BCUT2D eigenvalue weighted by atomic mass is 10.4. The summed E-state index contributed by atoms with van der Waals surface area (Å²) in [5, 5.41) is 0.267. The molecule has 0 bridgehead atoms. The number of esters is 1. The molecule has 0 N–H and O–H groups in total. The number of carbonyl (C=O) groups is 1. The van der Waals surface area contributed by atoms with Crippen LogP contribution in [0.2, 0.25) is 0 Å². The van der Waals surface area contributed by atoms with Crippen LogP contribution in [0.15, 0.2) is 35.2 Å². The van der Waals surface area contributed by atoms with Gasteiger partial charge in [0.25, 0.3) is 0 Å². The van der Waals surface area contributed by atoms with Crippen molar-refractivity contribution in [3.63, 3.8) is 0 Å². The van der Waals surface area contributed by atoms with Gasteiger partial charge in [0.15, 0.2) is 0 Å². The van der Waals surface area contributed by atoms with Gasteiger partial charge < -0.3 is 4.74 Å². The van der Waals surface area contributed by atoms with Crippen LogP contribution in [0.25, 0.3) is 0 Å². The van der Waals surface area contributed by atoms with Crippen LogP contribution in [0.5, 0.6) is 0 Å². The molecule has 76 valence electrons. The van der Waals surface area contributed by atoms with Gasteiger partial charge in [-0.3, -0.25) is 4.79 Å². The van der Waals surface area contributed by atoms with E-state index < -0.39 is 0 Å². The molecule has 0 spiro atoms. The lowest BCUT2D eigenvalue weighted by Gasteiger charge is -2.02. The Morgan fingerprint density at radius 3 is 2.71 bits per heavy atom. The van der Waals surface area contributed by atoms with E-state index in [0.717, 1.165) is 5.75 Å². The highest BCUT2D eigenvalue weighted by atomic mass is 79.9. The molecule has 2 nitrogen and oxygen atoms in total. The van der Waals surface area contributed by atoms with E-state index in [-0.39, 0.29) is 11.3 Å². The predicted molar refractivity (Wildman–Crippen MR) is 61.9 cm³/mol. The highest BCUT2D eigenvalue weighted by molar-refractivity contribution is 9.09. The zero-order valence-corrected chi connectivity index (χ0v) is 10.0. The van der Waals surface area contributed by atoms with Gasteiger partial charge in [0.1, 0.15) is 11.9 Å². The zero-order valence-electron chi connectivity index (χ0n) is 7.61. The molecule has 0 saturated carbocycles. The molecule has 0 fully saturated rings. The molecule has 1 rings (SSSR count). The summed E-state index contributed by atoms with van der Waals surface area (Å²) in [6, 6.07) is 10.0. The Hall–Kier alpha value is -0.480. The topological polar surface area (TPSA) is 26.3 Å². The summed E-state index contributed by atoms with van der Waals surface area (Å²) < 4.78 is 4.91. The van der Waals surface area contributed by atoms with Crippen molar-refractivity contribution in [1.82, 2.24) is 0 Å². The van der Waals surface area contributed by atoms with Gasteiger partial charge in [-0.25, -0.2) is 0 Å². The standard InChI is InChI=1S/C10H11BrO2S/c11-8-10(12)13-6-7-14-9-4-2-1-3-5-9/h1-5H,6-8H2. The molecule has 0 radical (unpaired) electrons. The Morgan fingerprint density at radius 1 is 1.36 bits per heavy atom. The van der Waals surface area contributed by atoms with E-state index in [1.54, 1.807) is 11.8 Å². The van der Waals surface area contributed by atoms with Crippen LogP contribution < -0.4 is 0 Å². The molecule has 0 heterocycles. The molecule has 0 amide bonds.